The maximum atomic E-state index is 4.52. The van der Waals surface area contributed by atoms with Crippen LogP contribution in [-0.2, 0) is 0 Å². The van der Waals surface area contributed by atoms with Gasteiger partial charge in [0, 0.05) is 38.1 Å². The summed E-state index contributed by atoms with van der Waals surface area (Å²) in [6, 6.07) is 8.70. The second-order valence-electron chi connectivity index (χ2n) is 5.73. The van der Waals surface area contributed by atoms with Gasteiger partial charge in [-0.1, -0.05) is 17.7 Å². The number of aromatic nitrogens is 2. The second-order valence-corrected chi connectivity index (χ2v) is 5.73. The third-order valence-electron chi connectivity index (χ3n) is 4.06. The lowest BCUT2D eigenvalue weighted by atomic mass is 10.1. The van der Waals surface area contributed by atoms with Crippen LogP contribution in [0.5, 0.6) is 0 Å². The first kappa shape index (κ1) is 13.9. The first-order valence-electron chi connectivity index (χ1n) is 7.50. The van der Waals surface area contributed by atoms with E-state index in [4.69, 9.17) is 0 Å². The fraction of sp³-hybridized carbons (Fsp3) is 0.412. The molecule has 0 bridgehead atoms. The number of rotatable bonds is 2. The van der Waals surface area contributed by atoms with E-state index in [1.165, 1.54) is 16.8 Å². The van der Waals surface area contributed by atoms with E-state index in [-0.39, 0.29) is 0 Å². The summed E-state index contributed by atoms with van der Waals surface area (Å²) in [5, 5.41) is 0. The highest BCUT2D eigenvalue weighted by Crippen LogP contribution is 2.23. The van der Waals surface area contributed by atoms with Crippen molar-refractivity contribution in [2.24, 2.45) is 0 Å². The van der Waals surface area contributed by atoms with Crippen LogP contribution in [0, 0.1) is 20.8 Å². The van der Waals surface area contributed by atoms with Gasteiger partial charge in [0.15, 0.2) is 0 Å². The summed E-state index contributed by atoms with van der Waals surface area (Å²) < 4.78 is 0. The van der Waals surface area contributed by atoms with Crippen molar-refractivity contribution in [1.82, 2.24) is 9.97 Å². The molecular formula is C17H22N4. The Labute approximate surface area is 126 Å². The standard InChI is InChI=1S/C17H22N4/c1-13-4-5-16(14(2)12-13)20-8-10-21(11-9-20)17-6-7-18-15(3)19-17/h4-7,12H,8-11H2,1-3H3. The molecule has 4 nitrogen and oxygen atoms in total. The lowest BCUT2D eigenvalue weighted by molar-refractivity contribution is 0.644. The van der Waals surface area contributed by atoms with Gasteiger partial charge in [0.1, 0.15) is 11.6 Å². The third-order valence-corrected chi connectivity index (χ3v) is 4.06. The lowest BCUT2D eigenvalue weighted by Gasteiger charge is -2.37. The third kappa shape index (κ3) is 2.99. The number of hydrogen-bond acceptors (Lipinski definition) is 4. The van der Waals surface area contributed by atoms with Gasteiger partial charge in [0.2, 0.25) is 0 Å². The minimum Gasteiger partial charge on any atom is -0.368 e. The molecular weight excluding hydrogens is 260 g/mol. The van der Waals surface area contributed by atoms with Crippen LogP contribution in [0.3, 0.4) is 0 Å². The van der Waals surface area contributed by atoms with Gasteiger partial charge in [-0.05, 0) is 38.5 Å². The number of hydrogen-bond donors (Lipinski definition) is 0. The number of aryl methyl sites for hydroxylation is 3. The average molecular weight is 282 g/mol. The van der Waals surface area contributed by atoms with Crippen LogP contribution in [0.1, 0.15) is 17.0 Å². The van der Waals surface area contributed by atoms with E-state index in [0.29, 0.717) is 0 Å². The van der Waals surface area contributed by atoms with Gasteiger partial charge in [-0.15, -0.1) is 0 Å². The molecule has 0 saturated carbocycles. The largest absolute Gasteiger partial charge is 0.368 e. The van der Waals surface area contributed by atoms with Crippen molar-refractivity contribution in [3.8, 4) is 0 Å². The predicted molar refractivity (Wildman–Crippen MR) is 87.1 cm³/mol. The molecule has 0 unspecified atom stereocenters. The van der Waals surface area contributed by atoms with E-state index in [1.807, 2.05) is 19.2 Å². The molecule has 21 heavy (non-hydrogen) atoms. The Kier molecular flexibility index (Phi) is 3.78. The monoisotopic (exact) mass is 282 g/mol. The second kappa shape index (κ2) is 5.72. The van der Waals surface area contributed by atoms with Crippen LogP contribution >= 0.6 is 0 Å². The molecule has 0 atom stereocenters. The number of benzene rings is 1. The maximum absolute atomic E-state index is 4.52. The molecule has 2 heterocycles. The zero-order valence-corrected chi connectivity index (χ0v) is 13.0. The molecule has 1 aromatic carbocycles. The van der Waals surface area contributed by atoms with Crippen molar-refractivity contribution in [2.75, 3.05) is 36.0 Å². The molecule has 3 rings (SSSR count). The summed E-state index contributed by atoms with van der Waals surface area (Å²) in [6.07, 6.45) is 1.84. The summed E-state index contributed by atoms with van der Waals surface area (Å²) in [4.78, 5) is 13.5. The minimum absolute atomic E-state index is 0.837. The topological polar surface area (TPSA) is 32.3 Å². The van der Waals surface area contributed by atoms with Gasteiger partial charge < -0.3 is 9.80 Å². The molecule has 0 spiro atoms. The molecule has 1 aliphatic heterocycles. The molecule has 0 aliphatic carbocycles. The van der Waals surface area contributed by atoms with Crippen molar-refractivity contribution in [1.29, 1.82) is 0 Å². The van der Waals surface area contributed by atoms with Gasteiger partial charge in [-0.3, -0.25) is 0 Å². The van der Waals surface area contributed by atoms with Gasteiger partial charge in [0.05, 0.1) is 0 Å². The van der Waals surface area contributed by atoms with Crippen molar-refractivity contribution in [3.05, 3.63) is 47.4 Å². The Balaban J connectivity index is 1.70. The fourth-order valence-corrected chi connectivity index (χ4v) is 2.96. The van der Waals surface area contributed by atoms with Gasteiger partial charge >= 0.3 is 0 Å². The van der Waals surface area contributed by atoms with E-state index < -0.39 is 0 Å². The SMILES string of the molecule is Cc1ccc(N2CCN(c3ccnc(C)n3)CC2)c(C)c1. The van der Waals surface area contributed by atoms with Crippen molar-refractivity contribution in [2.45, 2.75) is 20.8 Å². The first-order chi connectivity index (χ1) is 10.1. The molecule has 1 fully saturated rings. The molecule has 110 valence electrons. The molecule has 2 aromatic rings. The highest BCUT2D eigenvalue weighted by Gasteiger charge is 2.19. The van der Waals surface area contributed by atoms with Crippen LogP contribution < -0.4 is 9.80 Å². The Hall–Kier alpha value is -2.10. The highest BCUT2D eigenvalue weighted by atomic mass is 15.3. The minimum atomic E-state index is 0.837. The Morgan fingerprint density at radius 3 is 2.29 bits per heavy atom. The Morgan fingerprint density at radius 1 is 0.905 bits per heavy atom. The molecule has 0 amide bonds. The number of anilines is 2. The molecule has 1 saturated heterocycles. The Bertz CT molecular complexity index is 630. The van der Waals surface area contributed by atoms with Gasteiger partial charge in [-0.25, -0.2) is 9.97 Å². The predicted octanol–water partition coefficient (Wildman–Crippen LogP) is 2.73. The lowest BCUT2D eigenvalue weighted by Crippen LogP contribution is -2.47. The van der Waals surface area contributed by atoms with Crippen LogP contribution in [0.25, 0.3) is 0 Å². The van der Waals surface area contributed by atoms with Crippen LogP contribution in [0.2, 0.25) is 0 Å². The number of piperazine rings is 1. The Morgan fingerprint density at radius 2 is 1.62 bits per heavy atom. The normalized spacial score (nSPS) is 15.4. The smallest absolute Gasteiger partial charge is 0.132 e. The summed E-state index contributed by atoms with van der Waals surface area (Å²) in [6.45, 7) is 10.4. The first-order valence-corrected chi connectivity index (χ1v) is 7.50. The van der Waals surface area contributed by atoms with Gasteiger partial charge in [0.25, 0.3) is 0 Å². The maximum Gasteiger partial charge on any atom is 0.132 e. The quantitative estimate of drug-likeness (QED) is 0.848. The highest BCUT2D eigenvalue weighted by molar-refractivity contribution is 5.55. The van der Waals surface area contributed by atoms with E-state index >= 15 is 0 Å². The van der Waals surface area contributed by atoms with Gasteiger partial charge in [-0.2, -0.15) is 0 Å². The van der Waals surface area contributed by atoms with E-state index in [0.717, 1.165) is 37.8 Å². The molecule has 0 radical (unpaired) electrons. The van der Waals surface area contributed by atoms with Crippen molar-refractivity contribution in [3.63, 3.8) is 0 Å². The summed E-state index contributed by atoms with van der Waals surface area (Å²) in [7, 11) is 0. The fourth-order valence-electron chi connectivity index (χ4n) is 2.96. The van der Waals surface area contributed by atoms with Crippen LogP contribution in [0.15, 0.2) is 30.5 Å². The zero-order valence-electron chi connectivity index (χ0n) is 13.0. The van der Waals surface area contributed by atoms with Crippen LogP contribution in [-0.4, -0.2) is 36.1 Å². The van der Waals surface area contributed by atoms with Crippen LogP contribution in [0.4, 0.5) is 11.5 Å². The number of nitrogens with zero attached hydrogens (tertiary/aromatic N) is 4. The molecule has 1 aromatic heterocycles. The zero-order chi connectivity index (χ0) is 14.8. The van der Waals surface area contributed by atoms with Crippen molar-refractivity contribution >= 4 is 11.5 Å². The van der Waals surface area contributed by atoms with Crippen molar-refractivity contribution < 1.29 is 0 Å². The van der Waals surface area contributed by atoms with E-state index in [9.17, 15) is 0 Å². The molecule has 1 aliphatic rings. The van der Waals surface area contributed by atoms with E-state index in [1.54, 1.807) is 0 Å². The summed E-state index contributed by atoms with van der Waals surface area (Å²) in [5.74, 6) is 1.88. The van der Waals surface area contributed by atoms with E-state index in [2.05, 4.69) is 51.8 Å². The summed E-state index contributed by atoms with van der Waals surface area (Å²) in [5.41, 5.74) is 4.05. The average Bonchev–Trinajstić information content (AvgIpc) is 2.47. The molecule has 0 N–H and O–H groups in total. The summed E-state index contributed by atoms with van der Waals surface area (Å²) >= 11 is 0. The molecule has 4 heteroatoms.